The molecule has 0 fully saturated rings. The molecule has 3 rings (SSSR count). The van der Waals surface area contributed by atoms with Crippen molar-refractivity contribution in [2.24, 2.45) is 5.92 Å². The van der Waals surface area contributed by atoms with Gasteiger partial charge in [-0.2, -0.15) is 0 Å². The molecule has 125 valence electrons. The van der Waals surface area contributed by atoms with Gasteiger partial charge in [0, 0.05) is 5.92 Å². The summed E-state index contributed by atoms with van der Waals surface area (Å²) in [5.74, 6) is -0.883. The van der Waals surface area contributed by atoms with Crippen molar-refractivity contribution in [1.82, 2.24) is 0 Å². The van der Waals surface area contributed by atoms with Crippen molar-refractivity contribution < 1.29 is 14.3 Å². The van der Waals surface area contributed by atoms with Crippen molar-refractivity contribution >= 4 is 23.0 Å². The first kappa shape index (κ1) is 16.9. The molecule has 0 aliphatic heterocycles. The van der Waals surface area contributed by atoms with Gasteiger partial charge in [-0.1, -0.05) is 72.8 Å². The summed E-state index contributed by atoms with van der Waals surface area (Å²) in [6.45, 7) is 0.222. The molecular formula is C22H19O3. The van der Waals surface area contributed by atoms with E-state index in [-0.39, 0.29) is 19.0 Å². The highest BCUT2D eigenvalue weighted by molar-refractivity contribution is 5.86. The molecule has 0 heterocycles. The molecule has 0 saturated carbocycles. The van der Waals surface area contributed by atoms with Crippen LogP contribution in [0.4, 0.5) is 0 Å². The highest BCUT2D eigenvalue weighted by Crippen LogP contribution is 2.22. The van der Waals surface area contributed by atoms with Crippen molar-refractivity contribution in [3.05, 3.63) is 83.9 Å². The van der Waals surface area contributed by atoms with Crippen LogP contribution >= 0.6 is 0 Å². The molecule has 1 radical (unpaired) electrons. The second-order valence-electron chi connectivity index (χ2n) is 6.01. The van der Waals surface area contributed by atoms with Gasteiger partial charge in [0.2, 0.25) is 6.29 Å². The van der Waals surface area contributed by atoms with Crippen molar-refractivity contribution in [2.75, 3.05) is 0 Å². The van der Waals surface area contributed by atoms with E-state index in [0.29, 0.717) is 6.42 Å². The summed E-state index contributed by atoms with van der Waals surface area (Å²) in [5.41, 5.74) is 1.97. The van der Waals surface area contributed by atoms with Gasteiger partial charge >= 0.3 is 5.97 Å². The summed E-state index contributed by atoms with van der Waals surface area (Å²) in [6, 6.07) is 23.5. The summed E-state index contributed by atoms with van der Waals surface area (Å²) >= 11 is 0. The van der Waals surface area contributed by atoms with Gasteiger partial charge in [-0.25, -0.2) is 0 Å². The summed E-state index contributed by atoms with van der Waals surface area (Å²) in [5, 5.41) is 2.22. The minimum atomic E-state index is -0.505. The Kier molecular flexibility index (Phi) is 5.57. The molecule has 3 heteroatoms. The van der Waals surface area contributed by atoms with E-state index >= 15 is 0 Å². The third kappa shape index (κ3) is 4.54. The minimum Gasteiger partial charge on any atom is -0.461 e. The highest BCUT2D eigenvalue weighted by Gasteiger charge is 2.17. The molecule has 0 aliphatic carbocycles. The van der Waals surface area contributed by atoms with E-state index in [0.717, 1.165) is 21.9 Å². The lowest BCUT2D eigenvalue weighted by atomic mass is 9.94. The van der Waals surface area contributed by atoms with E-state index in [9.17, 15) is 9.59 Å². The van der Waals surface area contributed by atoms with Crippen molar-refractivity contribution in [3.8, 4) is 0 Å². The maximum absolute atomic E-state index is 12.0. The molecular weight excluding hydrogens is 312 g/mol. The van der Waals surface area contributed by atoms with E-state index in [4.69, 9.17) is 4.74 Å². The van der Waals surface area contributed by atoms with E-state index in [1.54, 1.807) is 0 Å². The van der Waals surface area contributed by atoms with Crippen LogP contribution < -0.4 is 0 Å². The molecule has 25 heavy (non-hydrogen) atoms. The predicted octanol–water partition coefficient (Wildman–Crippen LogP) is 4.24. The first-order valence-corrected chi connectivity index (χ1v) is 8.30. The molecule has 1 atom stereocenters. The van der Waals surface area contributed by atoms with Gasteiger partial charge < -0.3 is 4.74 Å². The summed E-state index contributed by atoms with van der Waals surface area (Å²) < 4.78 is 5.27. The molecule has 0 aromatic heterocycles. The number of carbonyl (C=O) groups excluding carboxylic acids is 2. The minimum absolute atomic E-state index is 0.0412. The zero-order valence-electron chi connectivity index (χ0n) is 13.9. The van der Waals surface area contributed by atoms with Crippen molar-refractivity contribution in [3.63, 3.8) is 0 Å². The van der Waals surface area contributed by atoms with Crippen molar-refractivity contribution in [2.45, 2.75) is 19.4 Å². The molecule has 0 amide bonds. The molecule has 1 unspecified atom stereocenters. The number of benzene rings is 3. The van der Waals surface area contributed by atoms with Crippen LogP contribution in [0.3, 0.4) is 0 Å². The Morgan fingerprint density at radius 1 is 0.920 bits per heavy atom. The largest absolute Gasteiger partial charge is 0.461 e. The maximum Gasteiger partial charge on any atom is 0.306 e. The van der Waals surface area contributed by atoms with E-state index in [1.807, 2.05) is 79.1 Å². The number of rotatable bonds is 7. The second kappa shape index (κ2) is 8.25. The van der Waals surface area contributed by atoms with Gasteiger partial charge in [-0.15, -0.1) is 0 Å². The first-order chi connectivity index (χ1) is 12.3. The van der Waals surface area contributed by atoms with Crippen LogP contribution in [0, 0.1) is 5.92 Å². The van der Waals surface area contributed by atoms with Crippen LogP contribution in [-0.2, 0) is 27.4 Å². The van der Waals surface area contributed by atoms with Crippen LogP contribution in [-0.4, -0.2) is 12.3 Å². The molecule has 0 saturated heterocycles. The monoisotopic (exact) mass is 331 g/mol. The Bertz CT molecular complexity index is 850. The molecule has 0 spiro atoms. The lowest BCUT2D eigenvalue weighted by Gasteiger charge is -2.12. The standard InChI is InChI=1S/C22H19O3/c23-15-18(14-22(24)25-16-17-7-2-1-3-8-17)13-20-11-6-10-19-9-4-5-12-21(19)20/h1-12,18H,13-14,16H2. The van der Waals surface area contributed by atoms with E-state index < -0.39 is 5.92 Å². The summed E-state index contributed by atoms with van der Waals surface area (Å²) in [4.78, 5) is 23.4. The van der Waals surface area contributed by atoms with Crippen LogP contribution in [0.25, 0.3) is 10.8 Å². The average molecular weight is 331 g/mol. The Labute approximate surface area is 147 Å². The predicted molar refractivity (Wildman–Crippen MR) is 97.7 cm³/mol. The van der Waals surface area contributed by atoms with Gasteiger partial charge in [0.15, 0.2) is 0 Å². The first-order valence-electron chi connectivity index (χ1n) is 8.30. The Morgan fingerprint density at radius 3 is 2.44 bits per heavy atom. The normalized spacial score (nSPS) is 11.8. The van der Waals surface area contributed by atoms with Crippen LogP contribution in [0.1, 0.15) is 17.5 Å². The zero-order valence-corrected chi connectivity index (χ0v) is 13.9. The topological polar surface area (TPSA) is 43.4 Å². The smallest absolute Gasteiger partial charge is 0.306 e. The Balaban J connectivity index is 1.62. The molecule has 0 N–H and O–H groups in total. The average Bonchev–Trinajstić information content (AvgIpc) is 2.67. The summed E-state index contributed by atoms with van der Waals surface area (Å²) in [7, 11) is 0. The zero-order chi connectivity index (χ0) is 17.5. The number of ether oxygens (including phenoxy) is 1. The Morgan fingerprint density at radius 2 is 1.64 bits per heavy atom. The third-order valence-corrected chi connectivity index (χ3v) is 4.17. The quantitative estimate of drug-likeness (QED) is 0.608. The fourth-order valence-electron chi connectivity index (χ4n) is 2.89. The maximum atomic E-state index is 12.0. The molecule has 0 aliphatic rings. The van der Waals surface area contributed by atoms with E-state index in [1.165, 1.54) is 0 Å². The molecule has 3 aromatic carbocycles. The second-order valence-corrected chi connectivity index (χ2v) is 6.01. The van der Waals surface area contributed by atoms with Gasteiger partial charge in [-0.3, -0.25) is 9.59 Å². The van der Waals surface area contributed by atoms with Gasteiger partial charge in [0.1, 0.15) is 6.61 Å². The molecule has 0 bridgehead atoms. The third-order valence-electron chi connectivity index (χ3n) is 4.17. The highest BCUT2D eigenvalue weighted by atomic mass is 16.5. The number of carbonyl (C=O) groups is 1. The number of hydrogen-bond acceptors (Lipinski definition) is 3. The summed E-state index contributed by atoms with van der Waals surface area (Å²) in [6.07, 6.45) is 2.51. The van der Waals surface area contributed by atoms with Crippen LogP contribution in [0.2, 0.25) is 0 Å². The Hall–Kier alpha value is -2.94. The van der Waals surface area contributed by atoms with Gasteiger partial charge in [0.05, 0.1) is 6.42 Å². The fourth-order valence-corrected chi connectivity index (χ4v) is 2.89. The van der Waals surface area contributed by atoms with Crippen LogP contribution in [0.5, 0.6) is 0 Å². The van der Waals surface area contributed by atoms with Crippen molar-refractivity contribution in [1.29, 1.82) is 0 Å². The number of fused-ring (bicyclic) bond motifs is 1. The lowest BCUT2D eigenvalue weighted by molar-refractivity contribution is -0.145. The number of hydrogen-bond donors (Lipinski definition) is 0. The molecule has 3 aromatic rings. The lowest BCUT2D eigenvalue weighted by Crippen LogP contribution is -2.15. The van der Waals surface area contributed by atoms with Gasteiger partial charge in [-0.05, 0) is 28.3 Å². The SMILES string of the molecule is O=[C]C(CC(=O)OCc1ccccc1)Cc1cccc2ccccc12. The number of esters is 1. The molecule has 3 nitrogen and oxygen atoms in total. The van der Waals surface area contributed by atoms with Crippen LogP contribution in [0.15, 0.2) is 72.8 Å². The van der Waals surface area contributed by atoms with E-state index in [2.05, 4.69) is 0 Å². The van der Waals surface area contributed by atoms with Gasteiger partial charge in [0.25, 0.3) is 0 Å². The fraction of sp³-hybridized carbons (Fsp3) is 0.182.